The topological polar surface area (TPSA) is 57.6 Å². The van der Waals surface area contributed by atoms with Crippen molar-refractivity contribution in [1.82, 2.24) is 4.90 Å². The van der Waals surface area contributed by atoms with E-state index in [2.05, 4.69) is 0 Å². The molecule has 7 heteroatoms. The maximum absolute atomic E-state index is 12.7. The standard InChI is InChI=1S/C20H18F3NO3/c21-20(22,23)16-6-4-13(5-7-16)12-24(17-8-9-17)18(25)11-14-2-1-3-15(10-14)19(26)27/h1-7,10,17H,8-9,11-12H2,(H,26,27). The molecule has 1 aliphatic rings. The van der Waals surface area contributed by atoms with Gasteiger partial charge in [-0.15, -0.1) is 0 Å². The molecule has 1 saturated carbocycles. The average Bonchev–Trinajstić information content (AvgIpc) is 3.44. The lowest BCUT2D eigenvalue weighted by molar-refractivity contribution is -0.137. The molecule has 1 fully saturated rings. The summed E-state index contributed by atoms with van der Waals surface area (Å²) in [6.45, 7) is 0.236. The van der Waals surface area contributed by atoms with Crippen LogP contribution in [0.3, 0.4) is 0 Å². The Labute approximate surface area is 154 Å². The predicted octanol–water partition coefficient (Wildman–Crippen LogP) is 4.14. The Bertz CT molecular complexity index is 842. The van der Waals surface area contributed by atoms with E-state index >= 15 is 0 Å². The molecule has 3 rings (SSSR count). The van der Waals surface area contributed by atoms with Crippen molar-refractivity contribution in [2.45, 2.75) is 38.0 Å². The highest BCUT2D eigenvalue weighted by Gasteiger charge is 2.33. The Hall–Kier alpha value is -2.83. The zero-order chi connectivity index (χ0) is 19.6. The number of hydrogen-bond donors (Lipinski definition) is 1. The quantitative estimate of drug-likeness (QED) is 0.823. The van der Waals surface area contributed by atoms with Crippen LogP contribution in [-0.4, -0.2) is 27.9 Å². The second-order valence-corrected chi connectivity index (χ2v) is 6.63. The summed E-state index contributed by atoms with van der Waals surface area (Å²) in [7, 11) is 0. The zero-order valence-electron chi connectivity index (χ0n) is 14.4. The van der Waals surface area contributed by atoms with Gasteiger partial charge < -0.3 is 10.0 Å². The molecule has 0 aromatic heterocycles. The molecule has 0 atom stereocenters. The number of carbonyl (C=O) groups excluding carboxylic acids is 1. The largest absolute Gasteiger partial charge is 0.478 e. The van der Waals surface area contributed by atoms with Gasteiger partial charge >= 0.3 is 12.1 Å². The van der Waals surface area contributed by atoms with Gasteiger partial charge in [0.25, 0.3) is 0 Å². The lowest BCUT2D eigenvalue weighted by atomic mass is 10.1. The average molecular weight is 377 g/mol. The predicted molar refractivity (Wildman–Crippen MR) is 92.1 cm³/mol. The minimum Gasteiger partial charge on any atom is -0.478 e. The SMILES string of the molecule is O=C(O)c1cccc(CC(=O)N(Cc2ccc(C(F)(F)F)cc2)C2CC2)c1. The smallest absolute Gasteiger partial charge is 0.416 e. The van der Waals surface area contributed by atoms with Crippen LogP contribution in [0.1, 0.15) is 39.9 Å². The number of hydrogen-bond acceptors (Lipinski definition) is 2. The van der Waals surface area contributed by atoms with Crippen molar-refractivity contribution < 1.29 is 27.9 Å². The number of benzene rings is 2. The third-order valence-corrected chi connectivity index (χ3v) is 4.47. The first-order valence-electron chi connectivity index (χ1n) is 8.52. The lowest BCUT2D eigenvalue weighted by Crippen LogP contribution is -2.33. The van der Waals surface area contributed by atoms with Crippen LogP contribution >= 0.6 is 0 Å². The molecule has 0 spiro atoms. The third kappa shape index (κ3) is 4.87. The van der Waals surface area contributed by atoms with Crippen LogP contribution in [0.4, 0.5) is 13.2 Å². The van der Waals surface area contributed by atoms with Crippen molar-refractivity contribution in [3.63, 3.8) is 0 Å². The Morgan fingerprint density at radius 3 is 2.26 bits per heavy atom. The minimum atomic E-state index is -4.39. The van der Waals surface area contributed by atoms with Gasteiger partial charge in [0.15, 0.2) is 0 Å². The summed E-state index contributed by atoms with van der Waals surface area (Å²) in [6.07, 6.45) is -2.61. The van der Waals surface area contributed by atoms with Crippen LogP contribution in [0.25, 0.3) is 0 Å². The van der Waals surface area contributed by atoms with Crippen molar-refractivity contribution in [2.24, 2.45) is 0 Å². The fourth-order valence-electron chi connectivity index (χ4n) is 2.89. The van der Waals surface area contributed by atoms with Gasteiger partial charge in [-0.1, -0.05) is 24.3 Å². The zero-order valence-corrected chi connectivity index (χ0v) is 14.4. The van der Waals surface area contributed by atoms with Crippen LogP contribution in [0, 0.1) is 0 Å². The highest BCUT2D eigenvalue weighted by molar-refractivity contribution is 5.88. The number of alkyl halides is 3. The van der Waals surface area contributed by atoms with Gasteiger partial charge in [-0.05, 0) is 48.2 Å². The molecule has 2 aromatic rings. The van der Waals surface area contributed by atoms with Crippen LogP contribution in [0.5, 0.6) is 0 Å². The van der Waals surface area contributed by atoms with E-state index < -0.39 is 17.7 Å². The molecule has 0 bridgehead atoms. The molecule has 2 aromatic carbocycles. The highest BCUT2D eigenvalue weighted by Crippen LogP contribution is 2.31. The first-order chi connectivity index (χ1) is 12.7. The highest BCUT2D eigenvalue weighted by atomic mass is 19.4. The molecule has 1 amide bonds. The molecule has 1 N–H and O–H groups in total. The van der Waals surface area contributed by atoms with Gasteiger partial charge in [-0.3, -0.25) is 4.79 Å². The number of carboxylic acids is 1. The number of nitrogens with zero attached hydrogens (tertiary/aromatic N) is 1. The van der Waals surface area contributed by atoms with Gasteiger partial charge in [-0.2, -0.15) is 13.2 Å². The maximum atomic E-state index is 12.7. The van der Waals surface area contributed by atoms with E-state index in [0.717, 1.165) is 25.0 Å². The van der Waals surface area contributed by atoms with Gasteiger partial charge in [-0.25, -0.2) is 4.79 Å². The van der Waals surface area contributed by atoms with Crippen LogP contribution < -0.4 is 0 Å². The third-order valence-electron chi connectivity index (χ3n) is 4.47. The first-order valence-corrected chi connectivity index (χ1v) is 8.52. The number of halogens is 3. The van der Waals surface area contributed by atoms with E-state index in [4.69, 9.17) is 5.11 Å². The van der Waals surface area contributed by atoms with Gasteiger partial charge in [0, 0.05) is 12.6 Å². The molecule has 0 saturated heterocycles. The monoisotopic (exact) mass is 377 g/mol. The summed E-state index contributed by atoms with van der Waals surface area (Å²) >= 11 is 0. The van der Waals surface area contributed by atoms with Crippen LogP contribution in [0.2, 0.25) is 0 Å². The fourth-order valence-corrected chi connectivity index (χ4v) is 2.89. The van der Waals surface area contributed by atoms with Crippen molar-refractivity contribution in [3.8, 4) is 0 Å². The molecule has 142 valence electrons. The molecular weight excluding hydrogens is 359 g/mol. The second kappa shape index (κ2) is 7.42. The van der Waals surface area contributed by atoms with Crippen LogP contribution in [-0.2, 0) is 23.9 Å². The van der Waals surface area contributed by atoms with Crippen molar-refractivity contribution in [1.29, 1.82) is 0 Å². The van der Waals surface area contributed by atoms with E-state index in [1.54, 1.807) is 17.0 Å². The summed E-state index contributed by atoms with van der Waals surface area (Å²) < 4.78 is 38.0. The normalized spacial score (nSPS) is 14.0. The first kappa shape index (κ1) is 18.9. The van der Waals surface area contributed by atoms with E-state index in [9.17, 15) is 22.8 Å². The number of carboxylic acid groups (broad SMARTS) is 1. The van der Waals surface area contributed by atoms with Crippen molar-refractivity contribution in [2.75, 3.05) is 0 Å². The molecule has 0 unspecified atom stereocenters. The van der Waals surface area contributed by atoms with Gasteiger partial charge in [0.1, 0.15) is 0 Å². The molecule has 0 aliphatic heterocycles. The van der Waals surface area contributed by atoms with E-state index in [1.807, 2.05) is 0 Å². The summed E-state index contributed by atoms with van der Waals surface area (Å²) in [6, 6.07) is 11.1. The minimum absolute atomic E-state index is 0.0538. The molecular formula is C20H18F3NO3. The van der Waals surface area contributed by atoms with Gasteiger partial charge in [0.05, 0.1) is 17.5 Å². The Kier molecular flexibility index (Phi) is 5.21. The number of aromatic carboxylic acids is 1. The van der Waals surface area contributed by atoms with Crippen molar-refractivity contribution in [3.05, 3.63) is 70.8 Å². The fraction of sp³-hybridized carbons (Fsp3) is 0.300. The van der Waals surface area contributed by atoms with Crippen LogP contribution in [0.15, 0.2) is 48.5 Å². The van der Waals surface area contributed by atoms with Gasteiger partial charge in [0.2, 0.25) is 5.91 Å². The van der Waals surface area contributed by atoms with Crippen molar-refractivity contribution >= 4 is 11.9 Å². The molecule has 27 heavy (non-hydrogen) atoms. The summed E-state index contributed by atoms with van der Waals surface area (Å²) in [5.41, 5.74) is 0.613. The van der Waals surface area contributed by atoms with E-state index in [0.29, 0.717) is 11.1 Å². The summed E-state index contributed by atoms with van der Waals surface area (Å²) in [4.78, 5) is 25.4. The van der Waals surface area contributed by atoms with E-state index in [-0.39, 0.29) is 30.5 Å². The number of carbonyl (C=O) groups is 2. The molecule has 1 aliphatic carbocycles. The Morgan fingerprint density at radius 2 is 1.70 bits per heavy atom. The second-order valence-electron chi connectivity index (χ2n) is 6.63. The molecule has 0 heterocycles. The Morgan fingerprint density at radius 1 is 1.04 bits per heavy atom. The van der Waals surface area contributed by atoms with E-state index in [1.165, 1.54) is 24.3 Å². The lowest BCUT2D eigenvalue weighted by Gasteiger charge is -2.23. The number of rotatable bonds is 6. The molecule has 0 radical (unpaired) electrons. The summed E-state index contributed by atoms with van der Waals surface area (Å²) in [5.74, 6) is -1.23. The maximum Gasteiger partial charge on any atom is 0.416 e. The summed E-state index contributed by atoms with van der Waals surface area (Å²) in [5, 5.41) is 9.05. The Balaban J connectivity index is 1.71. The molecule has 4 nitrogen and oxygen atoms in total. The number of amides is 1.